The van der Waals surface area contributed by atoms with Crippen molar-refractivity contribution in [3.63, 3.8) is 0 Å². The average molecular weight is 367 g/mol. The molecule has 8 nitrogen and oxygen atoms in total. The molecule has 0 aliphatic carbocycles. The quantitative estimate of drug-likeness (QED) is 0.644. The molecular formula is C19H17N3O5. The summed E-state index contributed by atoms with van der Waals surface area (Å²) in [6, 6.07) is 11.4. The number of rotatable bonds is 2. The summed E-state index contributed by atoms with van der Waals surface area (Å²) in [5.74, 6) is 0.392. The fourth-order valence-corrected chi connectivity index (χ4v) is 4.72. The summed E-state index contributed by atoms with van der Waals surface area (Å²) in [4.78, 5) is 26.8. The first-order chi connectivity index (χ1) is 13.0. The Balaban J connectivity index is 1.67. The van der Waals surface area contributed by atoms with Crippen molar-refractivity contribution in [2.75, 3.05) is 25.7 Å². The van der Waals surface area contributed by atoms with E-state index in [-0.39, 0.29) is 17.6 Å². The maximum Gasteiger partial charge on any atom is 0.256 e. The van der Waals surface area contributed by atoms with Gasteiger partial charge in [0.2, 0.25) is 6.79 Å². The Labute approximate surface area is 154 Å². The van der Waals surface area contributed by atoms with Crippen LogP contribution in [0.15, 0.2) is 42.5 Å². The predicted octanol–water partition coefficient (Wildman–Crippen LogP) is 1.94. The van der Waals surface area contributed by atoms with Crippen LogP contribution in [0, 0.1) is 10.1 Å². The number of nitro groups is 1. The first kappa shape index (κ1) is 16.1. The summed E-state index contributed by atoms with van der Waals surface area (Å²) in [6.07, 6.45) is 0. The summed E-state index contributed by atoms with van der Waals surface area (Å²) in [6.45, 7) is 0.523. The number of carbonyl (C=O) groups is 1. The van der Waals surface area contributed by atoms with E-state index in [1.54, 1.807) is 42.3 Å². The van der Waals surface area contributed by atoms with Crippen LogP contribution in [-0.4, -0.2) is 42.2 Å². The number of ether oxygens (including phenoxy) is 2. The Hall–Kier alpha value is -3.13. The van der Waals surface area contributed by atoms with Gasteiger partial charge in [0.25, 0.3) is 11.9 Å². The zero-order valence-corrected chi connectivity index (χ0v) is 14.5. The molecule has 138 valence electrons. The summed E-state index contributed by atoms with van der Waals surface area (Å²) in [5, 5.41) is 15.1. The number of likely N-dealkylation sites (N-methyl/N-ethyl adjacent to an activating group) is 1. The maximum absolute atomic E-state index is 13.0. The van der Waals surface area contributed by atoms with Crippen molar-refractivity contribution >= 4 is 11.6 Å². The number of amides is 1. The van der Waals surface area contributed by atoms with Gasteiger partial charge in [0.05, 0.1) is 5.92 Å². The fourth-order valence-electron chi connectivity index (χ4n) is 4.72. The number of hydrogen-bond donors (Lipinski definition) is 1. The number of hydrogen-bond acceptors (Lipinski definition) is 6. The summed E-state index contributed by atoms with van der Waals surface area (Å²) >= 11 is 0. The van der Waals surface area contributed by atoms with E-state index in [1.807, 2.05) is 12.1 Å². The van der Waals surface area contributed by atoms with Gasteiger partial charge in [0, 0.05) is 22.7 Å². The van der Waals surface area contributed by atoms with Gasteiger partial charge in [0.15, 0.2) is 17.0 Å². The average Bonchev–Trinajstić information content (AvgIpc) is 3.31. The lowest BCUT2D eigenvalue weighted by molar-refractivity contribution is -0.534. The summed E-state index contributed by atoms with van der Waals surface area (Å²) in [5.41, 5.74) is 0.720. The van der Waals surface area contributed by atoms with Crippen LogP contribution in [0.25, 0.3) is 0 Å². The van der Waals surface area contributed by atoms with Crippen LogP contribution in [0.1, 0.15) is 17.0 Å². The van der Waals surface area contributed by atoms with E-state index in [9.17, 15) is 14.9 Å². The summed E-state index contributed by atoms with van der Waals surface area (Å²) in [7, 11) is 1.77. The van der Waals surface area contributed by atoms with E-state index in [4.69, 9.17) is 9.47 Å². The van der Waals surface area contributed by atoms with Gasteiger partial charge in [-0.1, -0.05) is 24.3 Å². The zero-order chi connectivity index (χ0) is 18.8. The smallest absolute Gasteiger partial charge is 0.256 e. The minimum Gasteiger partial charge on any atom is -0.454 e. The third kappa shape index (κ3) is 1.98. The molecule has 0 saturated carbocycles. The number of nitrogens with one attached hydrogen (secondary N) is 1. The molecule has 0 bridgehead atoms. The molecule has 3 aliphatic rings. The van der Waals surface area contributed by atoms with Crippen LogP contribution >= 0.6 is 0 Å². The minimum atomic E-state index is -1.33. The predicted molar refractivity (Wildman–Crippen MR) is 95.5 cm³/mol. The Bertz CT molecular complexity index is 978. The maximum atomic E-state index is 13.0. The molecule has 1 fully saturated rings. The molecule has 1 saturated heterocycles. The van der Waals surface area contributed by atoms with Gasteiger partial charge in [-0.3, -0.25) is 19.8 Å². The molecule has 3 aliphatic heterocycles. The van der Waals surface area contributed by atoms with Crippen LogP contribution in [0.3, 0.4) is 0 Å². The number of likely N-dealkylation sites (tertiary alicyclic amines) is 1. The molecule has 3 heterocycles. The van der Waals surface area contributed by atoms with Gasteiger partial charge in [-0.15, -0.1) is 0 Å². The molecule has 2 aromatic carbocycles. The minimum absolute atomic E-state index is 0.141. The van der Waals surface area contributed by atoms with Crippen molar-refractivity contribution in [1.82, 2.24) is 4.90 Å². The van der Waals surface area contributed by atoms with Gasteiger partial charge in [-0.05, 0) is 30.8 Å². The highest BCUT2D eigenvalue weighted by atomic mass is 16.7. The van der Waals surface area contributed by atoms with Crippen molar-refractivity contribution in [1.29, 1.82) is 0 Å². The Morgan fingerprint density at radius 2 is 2.00 bits per heavy atom. The molecule has 0 aromatic heterocycles. The van der Waals surface area contributed by atoms with Crippen LogP contribution in [0.4, 0.5) is 5.69 Å². The highest BCUT2D eigenvalue weighted by Crippen LogP contribution is 2.52. The van der Waals surface area contributed by atoms with E-state index in [0.29, 0.717) is 29.3 Å². The third-order valence-electron chi connectivity index (χ3n) is 5.87. The van der Waals surface area contributed by atoms with E-state index < -0.39 is 17.5 Å². The second-order valence-corrected chi connectivity index (χ2v) is 7.10. The topological polar surface area (TPSA) is 93.9 Å². The second-order valence-electron chi connectivity index (χ2n) is 7.10. The van der Waals surface area contributed by atoms with Crippen molar-refractivity contribution in [2.24, 2.45) is 0 Å². The normalized spacial score (nSPS) is 28.4. The zero-order valence-electron chi connectivity index (χ0n) is 14.5. The van der Waals surface area contributed by atoms with E-state index in [2.05, 4.69) is 5.32 Å². The fraction of sp³-hybridized carbons (Fsp3) is 0.316. The van der Waals surface area contributed by atoms with Crippen LogP contribution in [0.2, 0.25) is 0 Å². The number of anilines is 1. The number of fused-ring (bicyclic) bond motifs is 3. The largest absolute Gasteiger partial charge is 0.454 e. The summed E-state index contributed by atoms with van der Waals surface area (Å²) < 4.78 is 10.8. The number of benzene rings is 2. The molecule has 5 rings (SSSR count). The molecule has 0 radical (unpaired) electrons. The van der Waals surface area contributed by atoms with Crippen molar-refractivity contribution in [3.8, 4) is 11.5 Å². The lowest BCUT2D eigenvalue weighted by Crippen LogP contribution is -2.54. The van der Waals surface area contributed by atoms with Crippen LogP contribution in [0.5, 0.6) is 11.5 Å². The van der Waals surface area contributed by atoms with E-state index in [0.717, 1.165) is 5.56 Å². The number of carbonyl (C=O) groups excluding carboxylic acids is 1. The van der Waals surface area contributed by atoms with Gasteiger partial charge >= 0.3 is 0 Å². The molecule has 1 amide bonds. The van der Waals surface area contributed by atoms with Crippen molar-refractivity contribution < 1.29 is 19.2 Å². The molecule has 1 spiro atoms. The van der Waals surface area contributed by atoms with Crippen molar-refractivity contribution in [3.05, 3.63) is 63.7 Å². The van der Waals surface area contributed by atoms with Crippen molar-refractivity contribution in [2.45, 2.75) is 17.5 Å². The Morgan fingerprint density at radius 1 is 1.22 bits per heavy atom. The monoisotopic (exact) mass is 367 g/mol. The van der Waals surface area contributed by atoms with E-state index in [1.165, 1.54) is 0 Å². The number of para-hydroxylation sites is 1. The molecule has 27 heavy (non-hydrogen) atoms. The molecule has 2 aromatic rings. The van der Waals surface area contributed by atoms with Crippen LogP contribution in [-0.2, 0) is 10.3 Å². The molecule has 3 atom stereocenters. The van der Waals surface area contributed by atoms with Crippen LogP contribution < -0.4 is 14.8 Å². The molecule has 0 unspecified atom stereocenters. The second kappa shape index (κ2) is 5.43. The van der Waals surface area contributed by atoms with Gasteiger partial charge in [0.1, 0.15) is 0 Å². The highest BCUT2D eigenvalue weighted by molar-refractivity contribution is 6.06. The van der Waals surface area contributed by atoms with E-state index >= 15 is 0 Å². The lowest BCUT2D eigenvalue weighted by Gasteiger charge is -2.30. The van der Waals surface area contributed by atoms with Gasteiger partial charge in [-0.25, -0.2) is 0 Å². The Morgan fingerprint density at radius 3 is 2.81 bits per heavy atom. The molecular weight excluding hydrogens is 350 g/mol. The SMILES string of the molecule is CN1C[C@H](c2ccc3c(c2)OCO3)[C@@H]([N+](=O)[O-])[C@]12C(=O)Nc1ccccc12. The van der Waals surface area contributed by atoms with Gasteiger partial charge < -0.3 is 14.8 Å². The number of nitrogens with zero attached hydrogens (tertiary/aromatic N) is 2. The molecule has 8 heteroatoms. The highest BCUT2D eigenvalue weighted by Gasteiger charge is 2.68. The Kier molecular flexibility index (Phi) is 3.23. The third-order valence-corrected chi connectivity index (χ3v) is 5.87. The first-order valence-corrected chi connectivity index (χ1v) is 8.68. The van der Waals surface area contributed by atoms with Gasteiger partial charge in [-0.2, -0.15) is 0 Å². The first-order valence-electron chi connectivity index (χ1n) is 8.68. The molecule has 1 N–H and O–H groups in total. The standard InChI is InChI=1S/C19H17N3O5/c1-21-9-12(11-6-7-15-16(8-11)27-10-26-15)17(22(24)25)19(21)13-4-2-3-5-14(13)20-18(19)23/h2-8,12,17H,9-10H2,1H3,(H,20,23)/t12-,17-,19-/m1/s1. The lowest BCUT2D eigenvalue weighted by atomic mass is 9.79.